The summed E-state index contributed by atoms with van der Waals surface area (Å²) in [4.78, 5) is 27.8. The summed E-state index contributed by atoms with van der Waals surface area (Å²) in [6, 6.07) is 4.91. The maximum Gasteiger partial charge on any atom is 0.314 e. The highest BCUT2D eigenvalue weighted by atomic mass is 32.2. The standard InChI is InChI=1S/C19H28N4O4S/c1-14-5-6-15(2)17(12-14)28(26,27)23-10-8-21(9-11-23)18(24)16-4-3-7-22(13-16)19(20)25/h5-6,12,16H,3-4,7-11,13H2,1-2H3,(H2,20,25)/t16-/m0/s1. The van der Waals surface area contributed by atoms with Gasteiger partial charge in [-0.1, -0.05) is 12.1 Å². The van der Waals surface area contributed by atoms with Gasteiger partial charge in [0.05, 0.1) is 10.8 Å². The number of amides is 3. The van der Waals surface area contributed by atoms with Crippen molar-refractivity contribution in [2.24, 2.45) is 11.7 Å². The number of nitrogens with two attached hydrogens (primary N) is 1. The lowest BCUT2D eigenvalue weighted by Gasteiger charge is -2.38. The van der Waals surface area contributed by atoms with Gasteiger partial charge in [0, 0.05) is 39.3 Å². The van der Waals surface area contributed by atoms with Crippen molar-refractivity contribution in [3.63, 3.8) is 0 Å². The molecule has 3 rings (SSSR count). The van der Waals surface area contributed by atoms with E-state index in [1.807, 2.05) is 19.1 Å². The van der Waals surface area contributed by atoms with Crippen LogP contribution < -0.4 is 5.73 Å². The van der Waals surface area contributed by atoms with Crippen molar-refractivity contribution >= 4 is 22.0 Å². The number of carbonyl (C=O) groups is 2. The molecule has 154 valence electrons. The summed E-state index contributed by atoms with van der Waals surface area (Å²) in [5, 5.41) is 0. The lowest BCUT2D eigenvalue weighted by molar-refractivity contribution is -0.138. The van der Waals surface area contributed by atoms with Crippen LogP contribution in [0, 0.1) is 19.8 Å². The van der Waals surface area contributed by atoms with E-state index >= 15 is 0 Å². The minimum Gasteiger partial charge on any atom is -0.351 e. The Morgan fingerprint density at radius 1 is 1.04 bits per heavy atom. The number of likely N-dealkylation sites (tertiary alicyclic amines) is 1. The van der Waals surface area contributed by atoms with Crippen LogP contribution in [-0.4, -0.2) is 73.7 Å². The van der Waals surface area contributed by atoms with Crippen LogP contribution in [0.25, 0.3) is 0 Å². The summed E-state index contributed by atoms with van der Waals surface area (Å²) in [6.45, 7) is 5.85. The number of carbonyl (C=O) groups excluding carboxylic acids is 2. The Morgan fingerprint density at radius 2 is 1.71 bits per heavy atom. The van der Waals surface area contributed by atoms with Gasteiger partial charge in [-0.15, -0.1) is 0 Å². The molecule has 2 saturated heterocycles. The van der Waals surface area contributed by atoms with Crippen LogP contribution in [0.4, 0.5) is 4.79 Å². The molecule has 0 bridgehead atoms. The molecule has 1 atom stereocenters. The van der Waals surface area contributed by atoms with Gasteiger partial charge in [-0.3, -0.25) is 4.79 Å². The molecule has 3 amide bonds. The molecule has 0 radical (unpaired) electrons. The number of piperidine rings is 1. The number of benzene rings is 1. The molecule has 2 aliphatic heterocycles. The van der Waals surface area contributed by atoms with E-state index in [9.17, 15) is 18.0 Å². The first-order valence-corrected chi connectivity index (χ1v) is 11.0. The number of piperazine rings is 1. The zero-order chi connectivity index (χ0) is 20.5. The maximum atomic E-state index is 13.0. The molecule has 0 unspecified atom stereocenters. The van der Waals surface area contributed by atoms with Crippen LogP contribution >= 0.6 is 0 Å². The second-order valence-corrected chi connectivity index (χ2v) is 9.53. The van der Waals surface area contributed by atoms with E-state index in [-0.39, 0.29) is 24.9 Å². The fourth-order valence-electron chi connectivity index (χ4n) is 3.91. The fraction of sp³-hybridized carbons (Fsp3) is 0.579. The van der Waals surface area contributed by atoms with Crippen molar-refractivity contribution in [3.05, 3.63) is 29.3 Å². The number of rotatable bonds is 3. The van der Waals surface area contributed by atoms with Crippen molar-refractivity contribution in [2.75, 3.05) is 39.3 Å². The molecule has 2 fully saturated rings. The molecule has 0 aliphatic carbocycles. The van der Waals surface area contributed by atoms with E-state index < -0.39 is 16.1 Å². The van der Waals surface area contributed by atoms with Gasteiger partial charge in [-0.2, -0.15) is 4.31 Å². The van der Waals surface area contributed by atoms with Crippen LogP contribution in [0.15, 0.2) is 23.1 Å². The monoisotopic (exact) mass is 408 g/mol. The molecule has 0 aromatic heterocycles. The predicted molar refractivity (Wildman–Crippen MR) is 105 cm³/mol. The number of hydrogen-bond donors (Lipinski definition) is 1. The van der Waals surface area contributed by atoms with Crippen LogP contribution in [0.1, 0.15) is 24.0 Å². The zero-order valence-corrected chi connectivity index (χ0v) is 17.2. The fourth-order valence-corrected chi connectivity index (χ4v) is 5.64. The molecule has 2 aliphatic rings. The summed E-state index contributed by atoms with van der Waals surface area (Å²) >= 11 is 0. The first kappa shape index (κ1) is 20.6. The highest BCUT2D eigenvalue weighted by Gasteiger charge is 2.35. The summed E-state index contributed by atoms with van der Waals surface area (Å²) in [5.41, 5.74) is 6.96. The number of primary amides is 1. The Morgan fingerprint density at radius 3 is 2.36 bits per heavy atom. The molecule has 8 nitrogen and oxygen atoms in total. The summed E-state index contributed by atoms with van der Waals surface area (Å²) < 4.78 is 27.5. The van der Waals surface area contributed by atoms with Crippen LogP contribution in [0.5, 0.6) is 0 Å². The zero-order valence-electron chi connectivity index (χ0n) is 16.4. The van der Waals surface area contributed by atoms with Crippen LogP contribution in [0.3, 0.4) is 0 Å². The minimum absolute atomic E-state index is 0.0188. The highest BCUT2D eigenvalue weighted by Crippen LogP contribution is 2.24. The Hall–Kier alpha value is -2.13. The molecule has 2 N–H and O–H groups in total. The first-order chi connectivity index (χ1) is 13.2. The van der Waals surface area contributed by atoms with Crippen molar-refractivity contribution < 1.29 is 18.0 Å². The quantitative estimate of drug-likeness (QED) is 0.803. The van der Waals surface area contributed by atoms with Crippen molar-refractivity contribution in [3.8, 4) is 0 Å². The van der Waals surface area contributed by atoms with Gasteiger partial charge >= 0.3 is 6.03 Å². The lowest BCUT2D eigenvalue weighted by Crippen LogP contribution is -2.54. The molecule has 0 saturated carbocycles. The van der Waals surface area contributed by atoms with Crippen LogP contribution in [0.2, 0.25) is 0 Å². The maximum absolute atomic E-state index is 13.0. The van der Waals surface area contributed by atoms with E-state index in [1.165, 1.54) is 9.21 Å². The van der Waals surface area contributed by atoms with Crippen molar-refractivity contribution in [2.45, 2.75) is 31.6 Å². The van der Waals surface area contributed by atoms with E-state index in [1.54, 1.807) is 17.9 Å². The van der Waals surface area contributed by atoms with Gasteiger partial charge in [-0.25, -0.2) is 13.2 Å². The SMILES string of the molecule is Cc1ccc(C)c(S(=O)(=O)N2CCN(C(=O)[C@H]3CCCN(C(N)=O)C3)CC2)c1. The first-order valence-electron chi connectivity index (χ1n) is 9.60. The number of sulfonamides is 1. The summed E-state index contributed by atoms with van der Waals surface area (Å²) in [5.74, 6) is -0.279. The highest BCUT2D eigenvalue weighted by molar-refractivity contribution is 7.89. The number of urea groups is 1. The molecule has 1 aromatic carbocycles. The topological polar surface area (TPSA) is 104 Å². The van der Waals surface area contributed by atoms with E-state index in [0.717, 1.165) is 24.0 Å². The molecule has 28 heavy (non-hydrogen) atoms. The summed E-state index contributed by atoms with van der Waals surface area (Å²) in [7, 11) is -3.58. The van der Waals surface area contributed by atoms with E-state index in [4.69, 9.17) is 5.73 Å². The second-order valence-electron chi connectivity index (χ2n) is 7.62. The summed E-state index contributed by atoms with van der Waals surface area (Å²) in [6.07, 6.45) is 1.48. The number of hydrogen-bond acceptors (Lipinski definition) is 4. The average Bonchev–Trinajstić information content (AvgIpc) is 2.69. The van der Waals surface area contributed by atoms with Crippen LogP contribution in [-0.2, 0) is 14.8 Å². The lowest BCUT2D eigenvalue weighted by atomic mass is 9.96. The molecule has 2 heterocycles. The Labute approximate surface area is 166 Å². The second kappa shape index (κ2) is 8.08. The third-order valence-corrected chi connectivity index (χ3v) is 7.63. The molecule has 0 spiro atoms. The van der Waals surface area contributed by atoms with Gasteiger partial charge in [0.15, 0.2) is 0 Å². The van der Waals surface area contributed by atoms with E-state index in [0.29, 0.717) is 31.1 Å². The third-order valence-electron chi connectivity index (χ3n) is 5.59. The van der Waals surface area contributed by atoms with Gasteiger partial charge < -0.3 is 15.5 Å². The third kappa shape index (κ3) is 4.15. The number of nitrogens with zero attached hydrogens (tertiary/aromatic N) is 3. The Kier molecular flexibility index (Phi) is 5.95. The van der Waals surface area contributed by atoms with Gasteiger partial charge in [0.25, 0.3) is 0 Å². The van der Waals surface area contributed by atoms with E-state index in [2.05, 4.69) is 0 Å². The van der Waals surface area contributed by atoms with Crippen molar-refractivity contribution in [1.29, 1.82) is 0 Å². The van der Waals surface area contributed by atoms with Gasteiger partial charge in [0.2, 0.25) is 15.9 Å². The minimum atomic E-state index is -3.58. The molecular formula is C19H28N4O4S. The smallest absolute Gasteiger partial charge is 0.314 e. The Balaban J connectivity index is 1.64. The number of aryl methyl sites for hydroxylation is 2. The largest absolute Gasteiger partial charge is 0.351 e. The molecule has 9 heteroatoms. The predicted octanol–water partition coefficient (Wildman–Crippen LogP) is 0.927. The molecular weight excluding hydrogens is 380 g/mol. The van der Waals surface area contributed by atoms with Gasteiger partial charge in [0.1, 0.15) is 0 Å². The Bertz CT molecular complexity index is 863. The van der Waals surface area contributed by atoms with Crippen molar-refractivity contribution in [1.82, 2.24) is 14.1 Å². The average molecular weight is 409 g/mol. The normalized spacial score (nSPS) is 21.6. The van der Waals surface area contributed by atoms with Gasteiger partial charge in [-0.05, 0) is 43.9 Å². The molecule has 1 aromatic rings.